The zero-order valence-corrected chi connectivity index (χ0v) is 16.7. The Labute approximate surface area is 170 Å². The van der Waals surface area contributed by atoms with Crippen molar-refractivity contribution in [2.24, 2.45) is 0 Å². The predicted molar refractivity (Wildman–Crippen MR) is 113 cm³/mol. The van der Waals surface area contributed by atoms with E-state index in [4.69, 9.17) is 9.47 Å². The van der Waals surface area contributed by atoms with Gasteiger partial charge in [-0.15, -0.1) is 0 Å². The average Bonchev–Trinajstić information content (AvgIpc) is 2.74. The summed E-state index contributed by atoms with van der Waals surface area (Å²) in [5, 5.41) is 2.82. The third kappa shape index (κ3) is 5.23. The fourth-order valence-electron chi connectivity index (χ4n) is 2.78. The third-order valence-electron chi connectivity index (χ3n) is 4.62. The van der Waals surface area contributed by atoms with E-state index in [1.807, 2.05) is 26.0 Å². The van der Waals surface area contributed by atoms with Gasteiger partial charge in [0.25, 0.3) is 5.91 Å². The van der Waals surface area contributed by atoms with Gasteiger partial charge in [-0.1, -0.05) is 24.3 Å². The van der Waals surface area contributed by atoms with Crippen LogP contribution in [0.15, 0.2) is 66.7 Å². The maximum absolute atomic E-state index is 12.4. The maximum atomic E-state index is 12.4. The molecule has 0 aliphatic heterocycles. The highest BCUT2D eigenvalue weighted by molar-refractivity contribution is 6.04. The second-order valence-corrected chi connectivity index (χ2v) is 6.72. The van der Waals surface area contributed by atoms with E-state index in [0.29, 0.717) is 28.3 Å². The highest BCUT2D eigenvalue weighted by atomic mass is 16.5. The van der Waals surface area contributed by atoms with Crippen LogP contribution >= 0.6 is 0 Å². The highest BCUT2D eigenvalue weighted by Gasteiger charge is 2.10. The Kier molecular flexibility index (Phi) is 6.29. The first-order valence-corrected chi connectivity index (χ1v) is 9.25. The lowest BCUT2D eigenvalue weighted by Crippen LogP contribution is -2.13. The van der Waals surface area contributed by atoms with Crippen molar-refractivity contribution >= 4 is 17.4 Å². The molecule has 3 aromatic carbocycles. The Hall–Kier alpha value is -3.60. The number of hydrogen-bond donors (Lipinski definition) is 1. The minimum Gasteiger partial charge on any atom is -0.497 e. The van der Waals surface area contributed by atoms with Crippen molar-refractivity contribution < 1.29 is 19.1 Å². The van der Waals surface area contributed by atoms with Gasteiger partial charge in [0.15, 0.2) is 12.4 Å². The number of ketones is 1. The first kappa shape index (κ1) is 20.1. The lowest BCUT2D eigenvalue weighted by Gasteiger charge is -2.10. The molecule has 0 aliphatic carbocycles. The number of carbonyl (C=O) groups excluding carboxylic acids is 2. The minimum absolute atomic E-state index is 0.0736. The van der Waals surface area contributed by atoms with E-state index in [1.54, 1.807) is 61.7 Å². The van der Waals surface area contributed by atoms with Crippen molar-refractivity contribution in [1.82, 2.24) is 0 Å². The summed E-state index contributed by atoms with van der Waals surface area (Å²) in [5.74, 6) is 0.761. The summed E-state index contributed by atoms with van der Waals surface area (Å²) in [7, 11) is 1.55. The van der Waals surface area contributed by atoms with Crippen LogP contribution < -0.4 is 14.8 Å². The van der Waals surface area contributed by atoms with Gasteiger partial charge in [-0.25, -0.2) is 0 Å². The van der Waals surface area contributed by atoms with Gasteiger partial charge in [0, 0.05) is 22.9 Å². The van der Waals surface area contributed by atoms with E-state index in [9.17, 15) is 9.59 Å². The molecule has 0 aromatic heterocycles. The van der Waals surface area contributed by atoms with Gasteiger partial charge in [-0.2, -0.15) is 0 Å². The summed E-state index contributed by atoms with van der Waals surface area (Å²) in [5.41, 5.74) is 3.89. The number of rotatable bonds is 7. The Morgan fingerprint density at radius 2 is 1.59 bits per heavy atom. The quantitative estimate of drug-likeness (QED) is 0.588. The molecular weight excluding hydrogens is 366 g/mol. The van der Waals surface area contributed by atoms with Gasteiger partial charge in [-0.3, -0.25) is 9.59 Å². The normalized spacial score (nSPS) is 10.3. The number of benzene rings is 3. The number of anilines is 1. The van der Waals surface area contributed by atoms with Crippen molar-refractivity contribution in [2.45, 2.75) is 13.8 Å². The van der Waals surface area contributed by atoms with Crippen molar-refractivity contribution in [3.05, 3.63) is 89.0 Å². The van der Waals surface area contributed by atoms with Crippen molar-refractivity contribution in [1.29, 1.82) is 0 Å². The number of hydrogen-bond acceptors (Lipinski definition) is 4. The molecule has 148 valence electrons. The molecular formula is C24H23NO4. The summed E-state index contributed by atoms with van der Waals surface area (Å²) < 4.78 is 10.8. The van der Waals surface area contributed by atoms with Gasteiger partial charge in [0.2, 0.25) is 0 Å². The zero-order chi connectivity index (χ0) is 20.8. The van der Waals surface area contributed by atoms with Crippen LogP contribution in [0.2, 0.25) is 0 Å². The SMILES string of the molecule is COc1cccc(C(=O)Nc2cccc(OCC(=O)c3ccc(C)c(C)c3)c2)c1. The fourth-order valence-corrected chi connectivity index (χ4v) is 2.78. The average molecular weight is 389 g/mol. The van der Waals surface area contributed by atoms with Crippen LogP contribution in [0.25, 0.3) is 0 Å². The molecule has 0 atom stereocenters. The number of nitrogens with one attached hydrogen (secondary N) is 1. The van der Waals surface area contributed by atoms with E-state index in [0.717, 1.165) is 11.1 Å². The Morgan fingerprint density at radius 3 is 2.34 bits per heavy atom. The minimum atomic E-state index is -0.257. The highest BCUT2D eigenvalue weighted by Crippen LogP contribution is 2.20. The van der Waals surface area contributed by atoms with Gasteiger partial charge in [0.1, 0.15) is 11.5 Å². The molecule has 0 aliphatic rings. The molecule has 0 fully saturated rings. The van der Waals surface area contributed by atoms with E-state index in [1.165, 1.54) is 0 Å². The molecule has 0 spiro atoms. The molecule has 29 heavy (non-hydrogen) atoms. The van der Waals surface area contributed by atoms with Crippen molar-refractivity contribution in [2.75, 3.05) is 19.0 Å². The van der Waals surface area contributed by atoms with Gasteiger partial charge < -0.3 is 14.8 Å². The van der Waals surface area contributed by atoms with Crippen LogP contribution in [0.5, 0.6) is 11.5 Å². The smallest absolute Gasteiger partial charge is 0.255 e. The fraction of sp³-hybridized carbons (Fsp3) is 0.167. The van der Waals surface area contributed by atoms with Crippen LogP contribution in [0.1, 0.15) is 31.8 Å². The van der Waals surface area contributed by atoms with E-state index >= 15 is 0 Å². The van der Waals surface area contributed by atoms with Gasteiger partial charge >= 0.3 is 0 Å². The molecule has 0 saturated carbocycles. The Morgan fingerprint density at radius 1 is 0.828 bits per heavy atom. The van der Waals surface area contributed by atoms with Gasteiger partial charge in [0.05, 0.1) is 7.11 Å². The van der Waals surface area contributed by atoms with Crippen molar-refractivity contribution in [3.63, 3.8) is 0 Å². The second kappa shape index (κ2) is 9.06. The number of methoxy groups -OCH3 is 1. The van der Waals surface area contributed by atoms with Crippen LogP contribution in [0, 0.1) is 13.8 Å². The first-order valence-electron chi connectivity index (χ1n) is 9.25. The van der Waals surface area contributed by atoms with Crippen LogP contribution in [-0.4, -0.2) is 25.4 Å². The lowest BCUT2D eigenvalue weighted by molar-refractivity contribution is 0.0920. The molecule has 0 radical (unpaired) electrons. The monoisotopic (exact) mass is 389 g/mol. The predicted octanol–water partition coefficient (Wildman–Crippen LogP) is 4.83. The molecule has 5 heteroatoms. The van der Waals surface area contributed by atoms with E-state index < -0.39 is 0 Å². The Bertz CT molecular complexity index is 1040. The molecule has 0 unspecified atom stereocenters. The topological polar surface area (TPSA) is 64.6 Å². The van der Waals surface area contributed by atoms with Gasteiger partial charge in [-0.05, 0) is 61.4 Å². The summed E-state index contributed by atoms with van der Waals surface area (Å²) in [6.45, 7) is 3.91. The molecule has 0 saturated heterocycles. The lowest BCUT2D eigenvalue weighted by atomic mass is 10.0. The second-order valence-electron chi connectivity index (χ2n) is 6.72. The van der Waals surface area contributed by atoms with Crippen LogP contribution in [0.4, 0.5) is 5.69 Å². The molecule has 5 nitrogen and oxygen atoms in total. The summed E-state index contributed by atoms with van der Waals surface area (Å²) >= 11 is 0. The first-order chi connectivity index (χ1) is 14.0. The van der Waals surface area contributed by atoms with E-state index in [-0.39, 0.29) is 18.3 Å². The largest absolute Gasteiger partial charge is 0.497 e. The standard InChI is InChI=1S/C24H23NO4/c1-16-10-11-18(12-17(16)2)23(26)15-29-22-9-5-7-20(14-22)25-24(27)19-6-4-8-21(13-19)28-3/h4-14H,15H2,1-3H3,(H,25,27). The number of Topliss-reactive ketones (excluding diaryl/α,β-unsaturated/α-hetero) is 1. The number of carbonyl (C=O) groups is 2. The van der Waals surface area contributed by atoms with Crippen LogP contribution in [0.3, 0.4) is 0 Å². The molecule has 3 aromatic rings. The van der Waals surface area contributed by atoms with Crippen LogP contribution in [-0.2, 0) is 0 Å². The third-order valence-corrected chi connectivity index (χ3v) is 4.62. The summed E-state index contributed by atoms with van der Waals surface area (Å²) in [4.78, 5) is 24.8. The molecule has 0 bridgehead atoms. The van der Waals surface area contributed by atoms with Crippen molar-refractivity contribution in [3.8, 4) is 11.5 Å². The molecule has 0 heterocycles. The zero-order valence-electron chi connectivity index (χ0n) is 16.7. The maximum Gasteiger partial charge on any atom is 0.255 e. The number of aryl methyl sites for hydroxylation is 2. The van der Waals surface area contributed by atoms with E-state index in [2.05, 4.69) is 5.32 Å². The molecule has 1 N–H and O–H groups in total. The molecule has 3 rings (SSSR count). The summed E-state index contributed by atoms with van der Waals surface area (Å²) in [6.07, 6.45) is 0. The number of amides is 1. The summed E-state index contributed by atoms with van der Waals surface area (Å²) in [6, 6.07) is 19.5. The molecule has 1 amide bonds. The Balaban J connectivity index is 1.63. The number of ether oxygens (including phenoxy) is 2.